The molecule has 2 amide bonds. The van der Waals surface area contributed by atoms with Crippen molar-refractivity contribution < 1.29 is 19.1 Å². The van der Waals surface area contributed by atoms with Crippen LogP contribution in [0, 0.1) is 0 Å². The van der Waals surface area contributed by atoms with Gasteiger partial charge in [0.25, 0.3) is 11.8 Å². The lowest BCUT2D eigenvalue weighted by Crippen LogP contribution is -2.34. The number of amides is 2. The summed E-state index contributed by atoms with van der Waals surface area (Å²) >= 11 is 0. The van der Waals surface area contributed by atoms with E-state index in [0.717, 1.165) is 51.1 Å². The summed E-state index contributed by atoms with van der Waals surface area (Å²) in [6, 6.07) is 19.1. The number of carbonyl (C=O) groups is 2. The van der Waals surface area contributed by atoms with E-state index >= 15 is 0 Å². The number of hydrogen-bond acceptors (Lipinski definition) is 5. The molecular formula is C29H31N3O4. The van der Waals surface area contributed by atoms with E-state index < -0.39 is 0 Å². The Morgan fingerprint density at radius 2 is 1.53 bits per heavy atom. The lowest BCUT2D eigenvalue weighted by atomic mass is 9.98. The molecule has 1 saturated heterocycles. The average Bonchev–Trinajstić information content (AvgIpc) is 3.47. The van der Waals surface area contributed by atoms with Crippen LogP contribution < -0.4 is 19.7 Å². The minimum absolute atomic E-state index is 0.0144. The van der Waals surface area contributed by atoms with Gasteiger partial charge in [0.1, 0.15) is 11.5 Å². The van der Waals surface area contributed by atoms with Crippen LogP contribution in [0.25, 0.3) is 0 Å². The molecule has 1 N–H and O–H groups in total. The van der Waals surface area contributed by atoms with Gasteiger partial charge in [-0.15, -0.1) is 0 Å². The molecule has 0 unspecified atom stereocenters. The van der Waals surface area contributed by atoms with Crippen LogP contribution in [0.3, 0.4) is 0 Å². The Balaban J connectivity index is 1.45. The van der Waals surface area contributed by atoms with Crippen molar-refractivity contribution in [3.8, 4) is 11.5 Å². The molecular weight excluding hydrogens is 454 g/mol. The molecule has 3 aromatic carbocycles. The molecule has 186 valence electrons. The highest BCUT2D eigenvalue weighted by atomic mass is 16.5. The molecule has 0 bridgehead atoms. The second kappa shape index (κ2) is 10.3. The lowest BCUT2D eigenvalue weighted by molar-refractivity contribution is 0.0793. The van der Waals surface area contributed by atoms with E-state index in [2.05, 4.69) is 34.5 Å². The van der Waals surface area contributed by atoms with Gasteiger partial charge in [-0.3, -0.25) is 9.59 Å². The van der Waals surface area contributed by atoms with Crippen molar-refractivity contribution in [1.82, 2.24) is 4.90 Å². The number of benzene rings is 3. The molecule has 0 aromatic heterocycles. The van der Waals surface area contributed by atoms with Crippen LogP contribution in [0.4, 0.5) is 11.4 Å². The number of hydrogen-bond donors (Lipinski definition) is 1. The molecule has 0 spiro atoms. The van der Waals surface area contributed by atoms with Gasteiger partial charge in [-0.25, -0.2) is 0 Å². The quantitative estimate of drug-likeness (QED) is 0.545. The Hall–Kier alpha value is -4.00. The van der Waals surface area contributed by atoms with E-state index in [1.165, 1.54) is 11.1 Å². The summed E-state index contributed by atoms with van der Waals surface area (Å²) in [5, 5.41) is 2.95. The van der Waals surface area contributed by atoms with Gasteiger partial charge in [-0.1, -0.05) is 24.3 Å². The highest BCUT2D eigenvalue weighted by Gasteiger charge is 2.26. The molecule has 0 saturated carbocycles. The molecule has 7 heteroatoms. The van der Waals surface area contributed by atoms with E-state index in [9.17, 15) is 9.59 Å². The van der Waals surface area contributed by atoms with Gasteiger partial charge in [-0.05, 0) is 60.7 Å². The van der Waals surface area contributed by atoms with Crippen LogP contribution in [0.1, 0.15) is 44.7 Å². The Morgan fingerprint density at radius 3 is 2.22 bits per heavy atom. The molecule has 7 nitrogen and oxygen atoms in total. The van der Waals surface area contributed by atoms with Crippen LogP contribution in [0.15, 0.2) is 60.7 Å². The normalized spacial score (nSPS) is 14.8. The second-order valence-electron chi connectivity index (χ2n) is 9.23. The van der Waals surface area contributed by atoms with Crippen molar-refractivity contribution >= 4 is 23.2 Å². The Kier molecular flexibility index (Phi) is 6.80. The number of carbonyl (C=O) groups excluding carboxylic acids is 2. The van der Waals surface area contributed by atoms with Gasteiger partial charge >= 0.3 is 0 Å². The van der Waals surface area contributed by atoms with E-state index in [1.54, 1.807) is 32.4 Å². The van der Waals surface area contributed by atoms with Crippen molar-refractivity contribution in [3.05, 3.63) is 82.9 Å². The summed E-state index contributed by atoms with van der Waals surface area (Å²) in [5.41, 5.74) is 5.16. The second-order valence-corrected chi connectivity index (χ2v) is 9.23. The summed E-state index contributed by atoms with van der Waals surface area (Å²) < 4.78 is 10.6. The van der Waals surface area contributed by atoms with Gasteiger partial charge in [0.05, 0.1) is 19.8 Å². The predicted octanol–water partition coefficient (Wildman–Crippen LogP) is 4.75. The van der Waals surface area contributed by atoms with Crippen molar-refractivity contribution in [3.63, 3.8) is 0 Å². The maximum Gasteiger partial charge on any atom is 0.256 e. The smallest absolute Gasteiger partial charge is 0.256 e. The Morgan fingerprint density at radius 1 is 0.833 bits per heavy atom. The molecule has 3 aromatic rings. The number of likely N-dealkylation sites (tertiary alicyclic amines) is 1. The average molecular weight is 486 g/mol. The number of anilines is 2. The minimum atomic E-state index is -0.300. The topological polar surface area (TPSA) is 71.1 Å². The maximum absolute atomic E-state index is 13.6. The molecule has 0 radical (unpaired) electrons. The fourth-order valence-electron chi connectivity index (χ4n) is 4.99. The number of nitrogens with one attached hydrogen (secondary N) is 1. The van der Waals surface area contributed by atoms with Crippen molar-refractivity contribution in [1.29, 1.82) is 0 Å². The molecule has 1 fully saturated rings. The summed E-state index contributed by atoms with van der Waals surface area (Å²) in [6.45, 7) is 3.13. The SMILES string of the molecule is COc1cc(OC)cc(C(=O)Nc2ccc(N3CCc4ccccc4C3)c(C(=O)N3CCCC3)c2)c1. The van der Waals surface area contributed by atoms with Gasteiger partial charge in [0, 0.05) is 49.2 Å². The molecule has 0 aliphatic carbocycles. The predicted molar refractivity (Wildman–Crippen MR) is 140 cm³/mol. The third-order valence-corrected chi connectivity index (χ3v) is 6.96. The van der Waals surface area contributed by atoms with Crippen molar-refractivity contribution in [2.24, 2.45) is 0 Å². The summed E-state index contributed by atoms with van der Waals surface area (Å²) in [6.07, 6.45) is 2.97. The number of fused-ring (bicyclic) bond motifs is 1. The zero-order valence-corrected chi connectivity index (χ0v) is 20.8. The first-order chi connectivity index (χ1) is 17.6. The van der Waals surface area contributed by atoms with E-state index in [0.29, 0.717) is 28.3 Å². The number of ether oxygens (including phenoxy) is 2. The van der Waals surface area contributed by atoms with Crippen LogP contribution in [0.2, 0.25) is 0 Å². The molecule has 2 aliphatic heterocycles. The number of rotatable bonds is 6. The molecule has 2 heterocycles. The van der Waals surface area contributed by atoms with Gasteiger partial charge < -0.3 is 24.6 Å². The Labute approximate surface area is 211 Å². The number of nitrogens with zero attached hydrogens (tertiary/aromatic N) is 2. The first kappa shape index (κ1) is 23.7. The van der Waals surface area contributed by atoms with E-state index in [4.69, 9.17) is 9.47 Å². The molecule has 5 rings (SSSR count). The van der Waals surface area contributed by atoms with E-state index in [1.807, 2.05) is 23.1 Å². The van der Waals surface area contributed by atoms with Gasteiger partial charge in [0.15, 0.2) is 0 Å². The zero-order chi connectivity index (χ0) is 25.1. The first-order valence-corrected chi connectivity index (χ1v) is 12.3. The van der Waals surface area contributed by atoms with Gasteiger partial charge in [-0.2, -0.15) is 0 Å². The molecule has 36 heavy (non-hydrogen) atoms. The highest BCUT2D eigenvalue weighted by Crippen LogP contribution is 2.31. The van der Waals surface area contributed by atoms with Crippen LogP contribution in [-0.2, 0) is 13.0 Å². The largest absolute Gasteiger partial charge is 0.497 e. The summed E-state index contributed by atoms with van der Waals surface area (Å²) in [4.78, 5) is 30.8. The molecule has 2 aliphatic rings. The van der Waals surface area contributed by atoms with Crippen molar-refractivity contribution in [2.45, 2.75) is 25.8 Å². The van der Waals surface area contributed by atoms with Crippen LogP contribution >= 0.6 is 0 Å². The van der Waals surface area contributed by atoms with E-state index in [-0.39, 0.29) is 11.8 Å². The Bertz CT molecular complexity index is 1260. The van der Waals surface area contributed by atoms with Crippen LogP contribution in [0.5, 0.6) is 11.5 Å². The monoisotopic (exact) mass is 485 g/mol. The fourth-order valence-corrected chi connectivity index (χ4v) is 4.99. The standard InChI is InChI=1S/C29H31N3O4/c1-35-24-15-22(16-25(18-24)36-2)28(33)30-23-9-10-27(26(17-23)29(34)31-12-5-6-13-31)32-14-11-20-7-3-4-8-21(20)19-32/h3-4,7-10,15-18H,5-6,11-14,19H2,1-2H3,(H,30,33). The van der Waals surface area contributed by atoms with Crippen molar-refractivity contribution in [2.75, 3.05) is 44.1 Å². The van der Waals surface area contributed by atoms with Crippen LogP contribution in [-0.4, -0.2) is 50.6 Å². The van der Waals surface area contributed by atoms with Gasteiger partial charge in [0.2, 0.25) is 0 Å². The minimum Gasteiger partial charge on any atom is -0.497 e. The lowest BCUT2D eigenvalue weighted by Gasteiger charge is -2.33. The first-order valence-electron chi connectivity index (χ1n) is 12.3. The summed E-state index contributed by atoms with van der Waals surface area (Å²) in [7, 11) is 3.09. The number of methoxy groups -OCH3 is 2. The highest BCUT2D eigenvalue weighted by molar-refractivity contribution is 6.06. The summed E-state index contributed by atoms with van der Waals surface area (Å²) in [5.74, 6) is 0.780. The maximum atomic E-state index is 13.6. The molecule has 0 atom stereocenters. The third kappa shape index (κ3) is 4.87. The third-order valence-electron chi connectivity index (χ3n) is 6.96. The fraction of sp³-hybridized carbons (Fsp3) is 0.310. The zero-order valence-electron chi connectivity index (χ0n) is 20.8.